The smallest absolute Gasteiger partial charge is 0.340 e. The van der Waals surface area contributed by atoms with Crippen LogP contribution in [0.25, 0.3) is 0 Å². The van der Waals surface area contributed by atoms with E-state index in [9.17, 15) is 14.4 Å². The number of methoxy groups -OCH3 is 1. The fourth-order valence-electron chi connectivity index (χ4n) is 1.72. The standard InChI is InChI=1S/C16H17Cl2NO5/c1-8(2)24-15(21)10(9(3)20)7-19-12-6-5-11(17)13(14(12)18)16(22)23-4/h5-8,10H,1-4H3. The van der Waals surface area contributed by atoms with Crippen molar-refractivity contribution in [2.24, 2.45) is 10.9 Å². The van der Waals surface area contributed by atoms with E-state index in [1.165, 1.54) is 26.2 Å². The molecule has 0 N–H and O–H groups in total. The van der Waals surface area contributed by atoms with Crippen LogP contribution >= 0.6 is 23.2 Å². The molecule has 24 heavy (non-hydrogen) atoms. The van der Waals surface area contributed by atoms with Crippen molar-refractivity contribution < 1.29 is 23.9 Å². The zero-order chi connectivity index (χ0) is 18.4. The van der Waals surface area contributed by atoms with Gasteiger partial charge >= 0.3 is 11.9 Å². The number of hydrogen-bond acceptors (Lipinski definition) is 6. The number of aliphatic imine (C=N–C) groups is 1. The van der Waals surface area contributed by atoms with Crippen molar-refractivity contribution in [2.45, 2.75) is 26.9 Å². The summed E-state index contributed by atoms with van der Waals surface area (Å²) in [5, 5.41) is 0.0678. The molecule has 1 aromatic rings. The van der Waals surface area contributed by atoms with Gasteiger partial charge in [0.25, 0.3) is 0 Å². The van der Waals surface area contributed by atoms with E-state index in [-0.39, 0.29) is 27.4 Å². The molecule has 0 aliphatic rings. The van der Waals surface area contributed by atoms with Gasteiger partial charge in [0.05, 0.1) is 34.5 Å². The van der Waals surface area contributed by atoms with Gasteiger partial charge in [0.2, 0.25) is 0 Å². The van der Waals surface area contributed by atoms with Gasteiger partial charge in [0, 0.05) is 6.21 Å². The molecule has 6 nitrogen and oxygen atoms in total. The largest absolute Gasteiger partial charge is 0.465 e. The molecule has 0 aliphatic carbocycles. The lowest BCUT2D eigenvalue weighted by atomic mass is 10.1. The molecule has 0 heterocycles. The first-order chi connectivity index (χ1) is 11.2. The van der Waals surface area contributed by atoms with Crippen LogP contribution in [-0.2, 0) is 19.1 Å². The number of benzene rings is 1. The van der Waals surface area contributed by atoms with E-state index in [0.29, 0.717) is 0 Å². The molecule has 130 valence electrons. The Morgan fingerprint density at radius 2 is 1.83 bits per heavy atom. The Morgan fingerprint density at radius 3 is 2.33 bits per heavy atom. The molecular formula is C16H17Cl2NO5. The van der Waals surface area contributed by atoms with Crippen molar-refractivity contribution in [1.29, 1.82) is 0 Å². The summed E-state index contributed by atoms with van der Waals surface area (Å²) in [5.41, 5.74) is 0.129. The maximum absolute atomic E-state index is 11.9. The van der Waals surface area contributed by atoms with Crippen LogP contribution in [0.2, 0.25) is 10.0 Å². The number of carbonyl (C=O) groups is 3. The van der Waals surface area contributed by atoms with E-state index < -0.39 is 23.6 Å². The molecule has 1 rings (SSSR count). The summed E-state index contributed by atoms with van der Waals surface area (Å²) in [5.74, 6) is -3.02. The lowest BCUT2D eigenvalue weighted by molar-refractivity contribution is -0.151. The minimum absolute atomic E-state index is 0.0369. The molecule has 0 saturated carbocycles. The molecule has 0 saturated heterocycles. The van der Waals surface area contributed by atoms with E-state index in [1.54, 1.807) is 13.8 Å². The van der Waals surface area contributed by atoms with Crippen molar-refractivity contribution in [3.63, 3.8) is 0 Å². The van der Waals surface area contributed by atoms with E-state index in [1.807, 2.05) is 0 Å². The van der Waals surface area contributed by atoms with E-state index >= 15 is 0 Å². The molecule has 0 aromatic heterocycles. The van der Waals surface area contributed by atoms with Gasteiger partial charge in [-0.2, -0.15) is 0 Å². The molecular weight excluding hydrogens is 357 g/mol. The highest BCUT2D eigenvalue weighted by Crippen LogP contribution is 2.34. The SMILES string of the molecule is COC(=O)c1c(Cl)ccc(N=CC(C(C)=O)C(=O)OC(C)C)c1Cl. The van der Waals surface area contributed by atoms with Crippen LogP contribution < -0.4 is 0 Å². The number of ketones is 1. The number of hydrogen-bond donors (Lipinski definition) is 0. The zero-order valence-corrected chi connectivity index (χ0v) is 15.1. The lowest BCUT2D eigenvalue weighted by Gasteiger charge is -2.12. The van der Waals surface area contributed by atoms with E-state index in [0.717, 1.165) is 6.21 Å². The lowest BCUT2D eigenvalue weighted by Crippen LogP contribution is -2.27. The third-order valence-electron chi connectivity index (χ3n) is 2.87. The fourth-order valence-corrected chi connectivity index (χ4v) is 2.30. The van der Waals surface area contributed by atoms with Crippen LogP contribution in [0.3, 0.4) is 0 Å². The van der Waals surface area contributed by atoms with Gasteiger partial charge in [-0.25, -0.2) is 4.79 Å². The van der Waals surface area contributed by atoms with Crippen LogP contribution in [0.15, 0.2) is 17.1 Å². The highest BCUT2D eigenvalue weighted by molar-refractivity contribution is 6.41. The van der Waals surface area contributed by atoms with Crippen molar-refractivity contribution in [3.05, 3.63) is 27.7 Å². The van der Waals surface area contributed by atoms with Gasteiger partial charge in [0.15, 0.2) is 5.92 Å². The predicted molar refractivity (Wildman–Crippen MR) is 91.4 cm³/mol. The molecule has 0 amide bonds. The van der Waals surface area contributed by atoms with Gasteiger partial charge in [-0.15, -0.1) is 0 Å². The molecule has 0 fully saturated rings. The molecule has 1 aromatic carbocycles. The second kappa shape index (κ2) is 8.80. The molecule has 1 unspecified atom stereocenters. The first-order valence-corrected chi connectivity index (χ1v) is 7.76. The molecule has 0 radical (unpaired) electrons. The van der Waals surface area contributed by atoms with Crippen molar-refractivity contribution in [2.75, 3.05) is 7.11 Å². The molecule has 1 atom stereocenters. The summed E-state index contributed by atoms with van der Waals surface area (Å²) in [7, 11) is 1.19. The number of Topliss-reactive ketones (excluding diaryl/α,β-unsaturated/α-hetero) is 1. The average Bonchev–Trinajstić information content (AvgIpc) is 2.48. The minimum Gasteiger partial charge on any atom is -0.465 e. The van der Waals surface area contributed by atoms with Crippen molar-refractivity contribution in [3.8, 4) is 0 Å². The van der Waals surface area contributed by atoms with Gasteiger partial charge in [0.1, 0.15) is 5.78 Å². The third kappa shape index (κ3) is 5.04. The number of carbonyl (C=O) groups excluding carboxylic acids is 3. The van der Waals surface area contributed by atoms with E-state index in [4.69, 9.17) is 27.9 Å². The summed E-state index contributed by atoms with van der Waals surface area (Å²) in [6, 6.07) is 2.88. The zero-order valence-electron chi connectivity index (χ0n) is 13.6. The van der Waals surface area contributed by atoms with Crippen LogP contribution in [0.5, 0.6) is 0 Å². The minimum atomic E-state index is -1.17. The van der Waals surface area contributed by atoms with Gasteiger partial charge in [-0.05, 0) is 32.9 Å². The summed E-state index contributed by atoms with van der Waals surface area (Å²) in [6.07, 6.45) is 0.765. The maximum Gasteiger partial charge on any atom is 0.340 e. The topological polar surface area (TPSA) is 82.0 Å². The van der Waals surface area contributed by atoms with Crippen molar-refractivity contribution in [1.82, 2.24) is 0 Å². The maximum atomic E-state index is 11.9. The normalized spacial score (nSPS) is 12.3. The van der Waals surface area contributed by atoms with Crippen molar-refractivity contribution >= 4 is 52.8 Å². The second-order valence-corrected chi connectivity index (χ2v) is 5.88. The monoisotopic (exact) mass is 373 g/mol. The number of esters is 2. The Hall–Kier alpha value is -1.92. The quantitative estimate of drug-likeness (QED) is 0.431. The predicted octanol–water partition coefficient (Wildman–Crippen LogP) is 3.64. The molecule has 0 bridgehead atoms. The molecule has 0 aliphatic heterocycles. The summed E-state index contributed by atoms with van der Waals surface area (Å²) in [6.45, 7) is 4.59. The Kier molecular flexibility index (Phi) is 7.38. The van der Waals surface area contributed by atoms with Crippen LogP contribution in [0.1, 0.15) is 31.1 Å². The Labute approximate surface area is 149 Å². The van der Waals surface area contributed by atoms with E-state index in [2.05, 4.69) is 9.73 Å². The third-order valence-corrected chi connectivity index (χ3v) is 3.56. The van der Waals surface area contributed by atoms with Gasteiger partial charge < -0.3 is 9.47 Å². The molecule has 8 heteroatoms. The highest BCUT2D eigenvalue weighted by Gasteiger charge is 2.24. The van der Waals surface area contributed by atoms with Crippen LogP contribution in [-0.4, -0.2) is 37.2 Å². The van der Waals surface area contributed by atoms with Gasteiger partial charge in [-0.1, -0.05) is 23.2 Å². The first kappa shape index (κ1) is 20.1. The number of halogens is 2. The second-order valence-electron chi connectivity index (χ2n) is 5.10. The Morgan fingerprint density at radius 1 is 1.21 bits per heavy atom. The summed E-state index contributed by atoms with van der Waals surface area (Å²) >= 11 is 12.0. The number of ether oxygens (including phenoxy) is 2. The number of rotatable bonds is 6. The fraction of sp³-hybridized carbons (Fsp3) is 0.375. The van der Waals surface area contributed by atoms with Gasteiger partial charge in [-0.3, -0.25) is 14.6 Å². The van der Waals surface area contributed by atoms with Crippen LogP contribution in [0, 0.1) is 5.92 Å². The van der Waals surface area contributed by atoms with Crippen LogP contribution in [0.4, 0.5) is 5.69 Å². The first-order valence-electron chi connectivity index (χ1n) is 7.00. The number of nitrogens with zero attached hydrogens (tertiary/aromatic N) is 1. The summed E-state index contributed by atoms with van der Waals surface area (Å²) in [4.78, 5) is 39.3. The average molecular weight is 374 g/mol. The Bertz CT molecular complexity index is 685. The molecule has 0 spiro atoms. The Balaban J connectivity index is 3.18. The highest BCUT2D eigenvalue weighted by atomic mass is 35.5. The summed E-state index contributed by atoms with van der Waals surface area (Å²) < 4.78 is 9.62.